The first kappa shape index (κ1) is 12.7. The predicted molar refractivity (Wildman–Crippen MR) is 60.4 cm³/mol. The zero-order valence-corrected chi connectivity index (χ0v) is 9.92. The van der Waals surface area contributed by atoms with Gasteiger partial charge >= 0.3 is 0 Å². The van der Waals surface area contributed by atoms with Crippen LogP contribution in [-0.4, -0.2) is 35.3 Å². The fourth-order valence-electron chi connectivity index (χ4n) is 1.06. The van der Waals surface area contributed by atoms with Crippen LogP contribution in [0.1, 0.15) is 10.4 Å². The molecule has 0 fully saturated rings. The summed E-state index contributed by atoms with van der Waals surface area (Å²) in [5, 5.41) is 0.302. The number of pyridine rings is 1. The zero-order valence-electron chi connectivity index (χ0n) is 8.41. The number of primary amides is 1. The van der Waals surface area contributed by atoms with Crippen LogP contribution >= 0.6 is 23.2 Å². The van der Waals surface area contributed by atoms with E-state index in [0.717, 1.165) is 0 Å². The first-order chi connectivity index (χ1) is 7.41. The molecule has 86 valence electrons. The SMILES string of the molecule is CN(CC(N)=O)C(=O)c1cnc(Cl)c(Cl)c1. The van der Waals surface area contributed by atoms with Gasteiger partial charge in [0.25, 0.3) is 5.91 Å². The van der Waals surface area contributed by atoms with Crippen LogP contribution in [0.15, 0.2) is 12.3 Å². The lowest BCUT2D eigenvalue weighted by Gasteiger charge is -2.14. The van der Waals surface area contributed by atoms with Crippen LogP contribution in [0.4, 0.5) is 0 Å². The Balaban J connectivity index is 2.88. The average molecular weight is 262 g/mol. The van der Waals surface area contributed by atoms with Crippen LogP contribution in [0.5, 0.6) is 0 Å². The van der Waals surface area contributed by atoms with Gasteiger partial charge in [0.1, 0.15) is 5.15 Å². The molecule has 0 spiro atoms. The summed E-state index contributed by atoms with van der Waals surface area (Å²) in [6, 6.07) is 1.39. The highest BCUT2D eigenvalue weighted by atomic mass is 35.5. The van der Waals surface area contributed by atoms with Crippen LogP contribution in [0.2, 0.25) is 10.2 Å². The first-order valence-electron chi connectivity index (χ1n) is 4.26. The third-order valence-electron chi connectivity index (χ3n) is 1.78. The number of halogens is 2. The van der Waals surface area contributed by atoms with Crippen molar-refractivity contribution in [3.63, 3.8) is 0 Å². The zero-order chi connectivity index (χ0) is 12.3. The summed E-state index contributed by atoms with van der Waals surface area (Å²) >= 11 is 11.3. The van der Waals surface area contributed by atoms with Gasteiger partial charge in [-0.25, -0.2) is 4.98 Å². The molecule has 1 aromatic heterocycles. The number of carbonyl (C=O) groups is 2. The van der Waals surface area contributed by atoms with Crippen LogP contribution in [0.25, 0.3) is 0 Å². The molecular weight excluding hydrogens is 253 g/mol. The van der Waals surface area contributed by atoms with Gasteiger partial charge in [-0.1, -0.05) is 23.2 Å². The van der Waals surface area contributed by atoms with E-state index in [4.69, 9.17) is 28.9 Å². The van der Waals surface area contributed by atoms with Crippen LogP contribution in [0, 0.1) is 0 Å². The number of hydrogen-bond acceptors (Lipinski definition) is 3. The number of hydrogen-bond donors (Lipinski definition) is 1. The molecule has 2 amide bonds. The number of aromatic nitrogens is 1. The minimum Gasteiger partial charge on any atom is -0.368 e. The van der Waals surface area contributed by atoms with Crippen LogP contribution < -0.4 is 5.73 Å². The lowest BCUT2D eigenvalue weighted by molar-refractivity contribution is -0.118. The molecule has 1 aromatic rings. The van der Waals surface area contributed by atoms with Crippen LogP contribution in [-0.2, 0) is 4.79 Å². The molecular formula is C9H9Cl2N3O2. The van der Waals surface area contributed by atoms with Crippen LogP contribution in [0.3, 0.4) is 0 Å². The molecule has 0 aliphatic heterocycles. The highest BCUT2D eigenvalue weighted by molar-refractivity contribution is 6.41. The lowest BCUT2D eigenvalue weighted by Crippen LogP contribution is -2.35. The summed E-state index contributed by atoms with van der Waals surface area (Å²) in [5.41, 5.74) is 5.22. The van der Waals surface area contributed by atoms with Gasteiger partial charge in [0.05, 0.1) is 17.1 Å². The monoisotopic (exact) mass is 261 g/mol. The topological polar surface area (TPSA) is 76.3 Å². The van der Waals surface area contributed by atoms with Crippen molar-refractivity contribution in [1.82, 2.24) is 9.88 Å². The summed E-state index contributed by atoms with van der Waals surface area (Å²) in [5.74, 6) is -0.992. The van der Waals surface area contributed by atoms with Gasteiger partial charge in [-0.05, 0) is 6.07 Å². The van der Waals surface area contributed by atoms with Gasteiger partial charge in [0.15, 0.2) is 0 Å². The average Bonchev–Trinajstić information content (AvgIpc) is 2.20. The minimum atomic E-state index is -0.594. The van der Waals surface area contributed by atoms with Gasteiger partial charge in [-0.15, -0.1) is 0 Å². The summed E-state index contributed by atoms with van der Waals surface area (Å²) in [6.45, 7) is -0.168. The molecule has 1 rings (SSSR count). The molecule has 0 atom stereocenters. The van der Waals surface area contributed by atoms with Crippen molar-refractivity contribution < 1.29 is 9.59 Å². The quantitative estimate of drug-likeness (QED) is 0.824. The van der Waals surface area contributed by atoms with E-state index in [9.17, 15) is 9.59 Å². The van der Waals surface area contributed by atoms with E-state index < -0.39 is 11.8 Å². The Labute approximate surface area is 102 Å². The Hall–Kier alpha value is -1.33. The molecule has 0 aromatic carbocycles. The first-order valence-corrected chi connectivity index (χ1v) is 5.02. The molecule has 0 bridgehead atoms. The number of likely N-dealkylation sites (N-methyl/N-ethyl adjacent to an activating group) is 1. The van der Waals surface area contributed by atoms with Crippen molar-refractivity contribution in [2.24, 2.45) is 5.73 Å². The van der Waals surface area contributed by atoms with Gasteiger partial charge in [-0.3, -0.25) is 9.59 Å². The molecule has 5 nitrogen and oxygen atoms in total. The number of nitrogens with zero attached hydrogens (tertiary/aromatic N) is 2. The molecule has 0 aliphatic carbocycles. The fraction of sp³-hybridized carbons (Fsp3) is 0.222. The Bertz CT molecular complexity index is 437. The van der Waals surface area contributed by atoms with E-state index in [1.54, 1.807) is 0 Å². The second-order valence-electron chi connectivity index (χ2n) is 3.12. The molecule has 16 heavy (non-hydrogen) atoms. The number of rotatable bonds is 3. The second-order valence-corrected chi connectivity index (χ2v) is 3.89. The number of carbonyl (C=O) groups excluding carboxylic acids is 2. The van der Waals surface area contributed by atoms with E-state index >= 15 is 0 Å². The molecule has 0 saturated heterocycles. The van der Waals surface area contributed by atoms with E-state index in [2.05, 4.69) is 4.98 Å². The Kier molecular flexibility index (Phi) is 4.09. The van der Waals surface area contributed by atoms with Gasteiger partial charge in [0, 0.05) is 13.2 Å². The largest absolute Gasteiger partial charge is 0.368 e. The van der Waals surface area contributed by atoms with Crippen molar-refractivity contribution in [3.05, 3.63) is 28.0 Å². The lowest BCUT2D eigenvalue weighted by atomic mass is 10.2. The highest BCUT2D eigenvalue weighted by Crippen LogP contribution is 2.20. The van der Waals surface area contributed by atoms with E-state index in [1.807, 2.05) is 0 Å². The molecule has 0 saturated carbocycles. The smallest absolute Gasteiger partial charge is 0.255 e. The normalized spacial score (nSPS) is 9.94. The van der Waals surface area contributed by atoms with Gasteiger partial charge in [-0.2, -0.15) is 0 Å². The third-order valence-corrected chi connectivity index (χ3v) is 2.47. The Morgan fingerprint density at radius 3 is 2.62 bits per heavy atom. The van der Waals surface area contributed by atoms with Crippen molar-refractivity contribution in [2.75, 3.05) is 13.6 Å². The molecule has 0 aliphatic rings. The van der Waals surface area contributed by atoms with Gasteiger partial charge in [0.2, 0.25) is 5.91 Å². The molecule has 7 heteroatoms. The standard InChI is InChI=1S/C9H9Cl2N3O2/c1-14(4-7(12)15)9(16)5-2-6(10)8(11)13-3-5/h2-3H,4H2,1H3,(H2,12,15). The van der Waals surface area contributed by atoms with Gasteiger partial charge < -0.3 is 10.6 Å². The maximum Gasteiger partial charge on any atom is 0.255 e. The third kappa shape index (κ3) is 3.08. The summed E-state index contributed by atoms with van der Waals surface area (Å²) < 4.78 is 0. The number of nitrogens with two attached hydrogens (primary N) is 1. The number of amides is 2. The molecule has 2 N–H and O–H groups in total. The summed E-state index contributed by atoms with van der Waals surface area (Å²) in [7, 11) is 1.45. The highest BCUT2D eigenvalue weighted by Gasteiger charge is 2.15. The van der Waals surface area contributed by atoms with Crippen molar-refractivity contribution in [3.8, 4) is 0 Å². The van der Waals surface area contributed by atoms with Crippen molar-refractivity contribution in [1.29, 1.82) is 0 Å². The minimum absolute atomic E-state index is 0.121. The molecule has 0 unspecified atom stereocenters. The molecule has 1 heterocycles. The maximum absolute atomic E-state index is 11.7. The van der Waals surface area contributed by atoms with E-state index in [0.29, 0.717) is 0 Å². The maximum atomic E-state index is 11.7. The fourth-order valence-corrected chi connectivity index (χ4v) is 1.33. The van der Waals surface area contributed by atoms with E-state index in [1.165, 1.54) is 24.2 Å². The van der Waals surface area contributed by atoms with Crippen molar-refractivity contribution in [2.45, 2.75) is 0 Å². The van der Waals surface area contributed by atoms with E-state index in [-0.39, 0.29) is 22.3 Å². The Morgan fingerprint density at radius 2 is 2.12 bits per heavy atom. The second kappa shape index (κ2) is 5.14. The molecule has 0 radical (unpaired) electrons. The van der Waals surface area contributed by atoms with Crippen molar-refractivity contribution >= 4 is 35.0 Å². The summed E-state index contributed by atoms with van der Waals surface area (Å²) in [6.07, 6.45) is 1.29. The summed E-state index contributed by atoms with van der Waals surface area (Å²) in [4.78, 5) is 27.3. The Morgan fingerprint density at radius 1 is 1.50 bits per heavy atom. The predicted octanol–water partition coefficient (Wildman–Crippen LogP) is 0.946.